The van der Waals surface area contributed by atoms with Crippen molar-refractivity contribution in [3.8, 4) is 0 Å². The molecule has 0 fully saturated rings. The van der Waals surface area contributed by atoms with Crippen molar-refractivity contribution in [2.75, 3.05) is 6.61 Å². The Morgan fingerprint density at radius 2 is 1.86 bits per heavy atom. The maximum atomic E-state index is 11.0. The largest absolute Gasteiger partial charge is 0.462 e. The number of primary amides is 1. The van der Waals surface area contributed by atoms with Crippen molar-refractivity contribution in [2.45, 2.75) is 6.92 Å². The summed E-state index contributed by atoms with van der Waals surface area (Å²) >= 11 is 5.51. The van der Waals surface area contributed by atoms with E-state index in [0.717, 1.165) is 0 Å². The van der Waals surface area contributed by atoms with Gasteiger partial charge in [0.15, 0.2) is 0 Å². The number of aromatic nitrogens is 1. The smallest absolute Gasteiger partial charge is 0.338 e. The lowest BCUT2D eigenvalue weighted by molar-refractivity contribution is 0.0526. The van der Waals surface area contributed by atoms with E-state index in [4.69, 9.17) is 22.1 Å². The number of hydrogen-bond donors (Lipinski definition) is 1. The Morgan fingerprint density at radius 1 is 1.19 bits per heavy atom. The lowest BCUT2D eigenvalue weighted by Gasteiger charge is -1.99. The lowest BCUT2D eigenvalue weighted by Crippen LogP contribution is -2.11. The van der Waals surface area contributed by atoms with Gasteiger partial charge in [-0.05, 0) is 31.2 Å². The summed E-state index contributed by atoms with van der Waals surface area (Å²) < 4.78 is 4.79. The highest BCUT2D eigenvalue weighted by molar-refractivity contribution is 6.32. The van der Waals surface area contributed by atoms with E-state index in [-0.39, 0.29) is 16.7 Å². The Labute approximate surface area is 127 Å². The molecule has 0 atom stereocenters. The molecule has 0 bridgehead atoms. The minimum atomic E-state index is -0.557. The van der Waals surface area contributed by atoms with Gasteiger partial charge in [0.25, 0.3) is 5.91 Å². The summed E-state index contributed by atoms with van der Waals surface area (Å²) in [5.74, 6) is -0.814. The van der Waals surface area contributed by atoms with Crippen LogP contribution in [0.1, 0.15) is 27.6 Å². The molecule has 2 N–H and O–H groups in total. The quantitative estimate of drug-likeness (QED) is 0.698. The fourth-order valence-corrected chi connectivity index (χ4v) is 1.57. The van der Waals surface area contributed by atoms with Gasteiger partial charge in [-0.3, -0.25) is 4.79 Å². The summed E-state index contributed by atoms with van der Waals surface area (Å²) in [6, 6.07) is 12.1. The second-order valence-corrected chi connectivity index (χ2v) is 4.15. The van der Waals surface area contributed by atoms with Crippen LogP contribution in [0.3, 0.4) is 0 Å². The van der Waals surface area contributed by atoms with Gasteiger partial charge in [0, 0.05) is 6.20 Å². The number of hydrogen-bond acceptors (Lipinski definition) is 4. The minimum Gasteiger partial charge on any atom is -0.462 e. The van der Waals surface area contributed by atoms with E-state index in [0.29, 0.717) is 12.2 Å². The second kappa shape index (κ2) is 8.71. The van der Waals surface area contributed by atoms with Gasteiger partial charge in [-0.15, -0.1) is 0 Å². The summed E-state index contributed by atoms with van der Waals surface area (Å²) in [5.41, 5.74) is 5.81. The first-order valence-corrected chi connectivity index (χ1v) is 6.56. The number of halogens is 1. The van der Waals surface area contributed by atoms with Crippen LogP contribution < -0.4 is 5.73 Å². The number of ether oxygens (including phenoxy) is 1. The fourth-order valence-electron chi connectivity index (χ4n) is 1.36. The molecule has 0 unspecified atom stereocenters. The topological polar surface area (TPSA) is 82.3 Å². The molecule has 110 valence electrons. The zero-order valence-corrected chi connectivity index (χ0v) is 12.2. The molecule has 2 rings (SSSR count). The van der Waals surface area contributed by atoms with E-state index < -0.39 is 5.91 Å². The standard InChI is InChI=1S/C9H10O2.C6H5ClN2O/c1-2-11-9(10)8-6-4-3-5-7-8;7-5-4(6(8)10)2-1-3-9-5/h3-7H,2H2,1H3;1-3H,(H2,8,10). The first-order valence-electron chi connectivity index (χ1n) is 6.18. The predicted octanol–water partition coefficient (Wildman–Crippen LogP) is 2.70. The molecule has 0 saturated heterocycles. The van der Waals surface area contributed by atoms with Crippen LogP contribution >= 0.6 is 11.6 Å². The Kier molecular flexibility index (Phi) is 6.91. The number of pyridine rings is 1. The van der Waals surface area contributed by atoms with E-state index in [2.05, 4.69) is 4.98 Å². The van der Waals surface area contributed by atoms with Crippen LogP contribution in [0.5, 0.6) is 0 Å². The zero-order valence-electron chi connectivity index (χ0n) is 11.5. The average molecular weight is 307 g/mol. The van der Waals surface area contributed by atoms with Crippen molar-refractivity contribution in [1.29, 1.82) is 0 Å². The molecule has 5 nitrogen and oxygen atoms in total. The summed E-state index contributed by atoms with van der Waals surface area (Å²) in [7, 11) is 0. The third-order valence-corrected chi connectivity index (χ3v) is 2.61. The van der Waals surface area contributed by atoms with Gasteiger partial charge < -0.3 is 10.5 Å². The number of carbonyl (C=O) groups excluding carboxylic acids is 2. The van der Waals surface area contributed by atoms with Crippen LogP contribution in [-0.4, -0.2) is 23.5 Å². The Morgan fingerprint density at radius 3 is 2.33 bits per heavy atom. The van der Waals surface area contributed by atoms with Crippen LogP contribution in [0.25, 0.3) is 0 Å². The van der Waals surface area contributed by atoms with Crippen LogP contribution in [0.15, 0.2) is 48.7 Å². The summed E-state index contributed by atoms with van der Waals surface area (Å²) in [6.07, 6.45) is 1.49. The van der Waals surface area contributed by atoms with E-state index in [1.807, 2.05) is 18.2 Å². The van der Waals surface area contributed by atoms with Gasteiger partial charge in [-0.25, -0.2) is 9.78 Å². The maximum Gasteiger partial charge on any atom is 0.338 e. The van der Waals surface area contributed by atoms with Gasteiger partial charge in [0.05, 0.1) is 17.7 Å². The maximum absolute atomic E-state index is 11.0. The second-order valence-electron chi connectivity index (χ2n) is 3.79. The van der Waals surface area contributed by atoms with E-state index in [1.165, 1.54) is 12.3 Å². The molecular formula is C15H15ClN2O3. The molecule has 21 heavy (non-hydrogen) atoms. The van der Waals surface area contributed by atoms with Gasteiger partial charge in [0.2, 0.25) is 0 Å². The first kappa shape index (κ1) is 16.7. The number of nitrogens with two attached hydrogens (primary N) is 1. The summed E-state index contributed by atoms with van der Waals surface area (Å²) in [5, 5.41) is 0.148. The number of esters is 1. The normalized spacial score (nSPS) is 9.24. The van der Waals surface area contributed by atoms with Crippen molar-refractivity contribution in [3.63, 3.8) is 0 Å². The third-order valence-electron chi connectivity index (χ3n) is 2.31. The fraction of sp³-hybridized carbons (Fsp3) is 0.133. The van der Waals surface area contributed by atoms with Gasteiger partial charge in [-0.1, -0.05) is 29.8 Å². The number of benzene rings is 1. The van der Waals surface area contributed by atoms with Crippen LogP contribution in [0, 0.1) is 0 Å². The molecule has 0 aliphatic heterocycles. The molecule has 0 spiro atoms. The number of nitrogens with zero attached hydrogens (tertiary/aromatic N) is 1. The van der Waals surface area contributed by atoms with Crippen LogP contribution in [-0.2, 0) is 4.74 Å². The van der Waals surface area contributed by atoms with Gasteiger partial charge in [-0.2, -0.15) is 0 Å². The molecule has 0 radical (unpaired) electrons. The number of rotatable bonds is 3. The van der Waals surface area contributed by atoms with Gasteiger partial charge in [0.1, 0.15) is 5.15 Å². The highest BCUT2D eigenvalue weighted by Crippen LogP contribution is 2.09. The molecule has 0 aliphatic carbocycles. The monoisotopic (exact) mass is 306 g/mol. The van der Waals surface area contributed by atoms with Crippen LogP contribution in [0.4, 0.5) is 0 Å². The van der Waals surface area contributed by atoms with E-state index in [9.17, 15) is 9.59 Å². The lowest BCUT2D eigenvalue weighted by atomic mass is 10.2. The third kappa shape index (κ3) is 5.62. The molecule has 6 heteroatoms. The Hall–Kier alpha value is -2.40. The van der Waals surface area contributed by atoms with Gasteiger partial charge >= 0.3 is 5.97 Å². The molecule has 1 heterocycles. The molecule has 0 saturated carbocycles. The van der Waals surface area contributed by atoms with Crippen molar-refractivity contribution in [1.82, 2.24) is 4.98 Å². The van der Waals surface area contributed by atoms with E-state index >= 15 is 0 Å². The SMILES string of the molecule is CCOC(=O)c1ccccc1.NC(=O)c1cccnc1Cl. The number of amides is 1. The van der Waals surface area contributed by atoms with Crippen molar-refractivity contribution in [3.05, 3.63) is 64.9 Å². The predicted molar refractivity (Wildman–Crippen MR) is 80.2 cm³/mol. The van der Waals surface area contributed by atoms with E-state index in [1.54, 1.807) is 25.1 Å². The van der Waals surface area contributed by atoms with Crippen LogP contribution in [0.2, 0.25) is 5.15 Å². The average Bonchev–Trinajstić information content (AvgIpc) is 2.49. The highest BCUT2D eigenvalue weighted by Gasteiger charge is 2.04. The zero-order chi connectivity index (χ0) is 15.7. The minimum absolute atomic E-state index is 0.148. The molecule has 2 aromatic rings. The molecule has 1 amide bonds. The molecule has 0 aliphatic rings. The molecule has 1 aromatic carbocycles. The van der Waals surface area contributed by atoms with Crippen molar-refractivity contribution < 1.29 is 14.3 Å². The summed E-state index contributed by atoms with van der Waals surface area (Å²) in [6.45, 7) is 2.22. The summed E-state index contributed by atoms with van der Waals surface area (Å²) in [4.78, 5) is 25.2. The van der Waals surface area contributed by atoms with Crippen molar-refractivity contribution >= 4 is 23.5 Å². The Balaban J connectivity index is 0.000000211. The Bertz CT molecular complexity index is 603. The van der Waals surface area contributed by atoms with Crippen molar-refractivity contribution in [2.24, 2.45) is 5.73 Å². The molecule has 1 aromatic heterocycles. The molecular weight excluding hydrogens is 292 g/mol. The number of carbonyl (C=O) groups is 2. The first-order chi connectivity index (χ1) is 10.1. The highest BCUT2D eigenvalue weighted by atomic mass is 35.5.